The number of hydrogen-bond donors (Lipinski definition) is 1. The van der Waals surface area contributed by atoms with Crippen molar-refractivity contribution in [2.75, 3.05) is 13.1 Å². The van der Waals surface area contributed by atoms with Gasteiger partial charge in [-0.05, 0) is 49.2 Å². The summed E-state index contributed by atoms with van der Waals surface area (Å²) < 4.78 is 0. The topological polar surface area (TPSA) is 40.5 Å². The molecule has 3 nitrogen and oxygen atoms in total. The Morgan fingerprint density at radius 1 is 1.29 bits per heavy atom. The van der Waals surface area contributed by atoms with Crippen molar-refractivity contribution in [2.24, 2.45) is 0 Å². The minimum atomic E-state index is -0.834. The molecular formula is C14H19NO2. The third-order valence-corrected chi connectivity index (χ3v) is 3.69. The number of fused-ring (bicyclic) bond motifs is 1. The Kier molecular flexibility index (Phi) is 3.48. The first-order valence-corrected chi connectivity index (χ1v) is 6.24. The van der Waals surface area contributed by atoms with Gasteiger partial charge in [-0.2, -0.15) is 0 Å². The Morgan fingerprint density at radius 2 is 1.94 bits per heavy atom. The van der Waals surface area contributed by atoms with Crippen molar-refractivity contribution in [3.63, 3.8) is 0 Å². The molecule has 0 radical (unpaired) electrons. The van der Waals surface area contributed by atoms with E-state index in [9.17, 15) is 4.79 Å². The molecule has 92 valence electrons. The van der Waals surface area contributed by atoms with Crippen molar-refractivity contribution in [3.05, 3.63) is 34.9 Å². The van der Waals surface area contributed by atoms with Crippen LogP contribution >= 0.6 is 0 Å². The van der Waals surface area contributed by atoms with E-state index in [1.807, 2.05) is 12.1 Å². The number of hydrogen-bond acceptors (Lipinski definition) is 2. The average Bonchev–Trinajstić information content (AvgIpc) is 2.72. The van der Waals surface area contributed by atoms with Crippen LogP contribution in [0.2, 0.25) is 0 Å². The van der Waals surface area contributed by atoms with E-state index in [2.05, 4.69) is 18.7 Å². The van der Waals surface area contributed by atoms with E-state index in [0.717, 1.165) is 25.9 Å². The van der Waals surface area contributed by atoms with E-state index in [0.29, 0.717) is 11.6 Å². The third kappa shape index (κ3) is 2.34. The number of likely N-dealkylation sites (N-methyl/N-ethyl adjacent to an activating group) is 1. The molecule has 1 aliphatic carbocycles. The summed E-state index contributed by atoms with van der Waals surface area (Å²) in [6.07, 6.45) is 2.04. The minimum Gasteiger partial charge on any atom is -0.478 e. The molecule has 0 aliphatic heterocycles. The molecule has 0 amide bonds. The van der Waals surface area contributed by atoms with Crippen molar-refractivity contribution in [2.45, 2.75) is 32.7 Å². The molecule has 0 aromatic heterocycles. The van der Waals surface area contributed by atoms with Gasteiger partial charge >= 0.3 is 5.97 Å². The quantitative estimate of drug-likeness (QED) is 0.866. The second kappa shape index (κ2) is 4.88. The molecule has 1 aliphatic rings. The van der Waals surface area contributed by atoms with Crippen LogP contribution in [0.1, 0.15) is 35.3 Å². The Balaban J connectivity index is 2.19. The van der Waals surface area contributed by atoms with E-state index in [1.165, 1.54) is 11.1 Å². The summed E-state index contributed by atoms with van der Waals surface area (Å²) in [6.45, 7) is 6.46. The summed E-state index contributed by atoms with van der Waals surface area (Å²) in [5, 5.41) is 8.97. The maximum Gasteiger partial charge on any atom is 0.335 e. The Morgan fingerprint density at radius 3 is 2.53 bits per heavy atom. The summed E-state index contributed by atoms with van der Waals surface area (Å²) in [4.78, 5) is 13.4. The number of benzene rings is 1. The molecule has 0 heterocycles. The molecule has 0 fully saturated rings. The van der Waals surface area contributed by atoms with Crippen molar-refractivity contribution < 1.29 is 9.90 Å². The summed E-state index contributed by atoms with van der Waals surface area (Å²) in [6, 6.07) is 6.07. The number of nitrogens with zero attached hydrogens (tertiary/aromatic N) is 1. The van der Waals surface area contributed by atoms with Gasteiger partial charge in [-0.15, -0.1) is 0 Å². The number of aromatic carboxylic acids is 1. The third-order valence-electron chi connectivity index (χ3n) is 3.69. The predicted molar refractivity (Wildman–Crippen MR) is 67.5 cm³/mol. The normalized spacial score (nSPS) is 18.4. The van der Waals surface area contributed by atoms with E-state index in [-0.39, 0.29) is 0 Å². The molecule has 1 aromatic rings. The molecule has 17 heavy (non-hydrogen) atoms. The second-order valence-corrected chi connectivity index (χ2v) is 4.57. The van der Waals surface area contributed by atoms with E-state index < -0.39 is 5.97 Å². The van der Waals surface area contributed by atoms with Gasteiger partial charge in [0.05, 0.1) is 5.56 Å². The van der Waals surface area contributed by atoms with Crippen LogP contribution in [0.5, 0.6) is 0 Å². The molecule has 2 rings (SSSR count). The minimum absolute atomic E-state index is 0.406. The first kappa shape index (κ1) is 12.1. The van der Waals surface area contributed by atoms with Crippen molar-refractivity contribution in [1.82, 2.24) is 4.90 Å². The lowest BCUT2D eigenvalue weighted by Gasteiger charge is -2.25. The number of carbonyl (C=O) groups is 1. The molecule has 0 saturated carbocycles. The van der Waals surface area contributed by atoms with Gasteiger partial charge in [0.1, 0.15) is 0 Å². The zero-order chi connectivity index (χ0) is 12.4. The number of carboxylic acids is 1. The van der Waals surface area contributed by atoms with Gasteiger partial charge in [0, 0.05) is 6.04 Å². The zero-order valence-corrected chi connectivity index (χ0v) is 10.4. The average molecular weight is 233 g/mol. The Labute approximate surface area is 102 Å². The summed E-state index contributed by atoms with van der Waals surface area (Å²) in [5.74, 6) is -0.834. The van der Waals surface area contributed by atoms with Crippen LogP contribution in [0.25, 0.3) is 0 Å². The van der Waals surface area contributed by atoms with Crippen LogP contribution in [0.4, 0.5) is 0 Å². The standard InChI is InChI=1S/C14H19NO2/c1-3-15(4-2)13-8-10-5-6-11(14(16)17)7-12(10)9-13/h5-7,13H,3-4,8-9H2,1-2H3,(H,16,17). The van der Waals surface area contributed by atoms with E-state index >= 15 is 0 Å². The van der Waals surface area contributed by atoms with Crippen LogP contribution in [0.15, 0.2) is 18.2 Å². The zero-order valence-electron chi connectivity index (χ0n) is 10.4. The maximum atomic E-state index is 10.9. The highest BCUT2D eigenvalue weighted by molar-refractivity contribution is 5.88. The van der Waals surface area contributed by atoms with Gasteiger partial charge < -0.3 is 10.0 Å². The maximum absolute atomic E-state index is 10.9. The van der Waals surface area contributed by atoms with Gasteiger partial charge in [0.15, 0.2) is 0 Å². The van der Waals surface area contributed by atoms with Crippen LogP contribution in [-0.4, -0.2) is 35.1 Å². The van der Waals surface area contributed by atoms with E-state index in [4.69, 9.17) is 5.11 Å². The fraction of sp³-hybridized carbons (Fsp3) is 0.500. The van der Waals surface area contributed by atoms with Crippen molar-refractivity contribution >= 4 is 5.97 Å². The molecular weight excluding hydrogens is 214 g/mol. The van der Waals surface area contributed by atoms with E-state index in [1.54, 1.807) is 6.07 Å². The Bertz CT molecular complexity index is 424. The van der Waals surface area contributed by atoms with Crippen LogP contribution in [-0.2, 0) is 12.8 Å². The predicted octanol–water partition coefficient (Wildman–Crippen LogP) is 2.19. The molecule has 1 atom stereocenters. The molecule has 0 bridgehead atoms. The SMILES string of the molecule is CCN(CC)C1Cc2ccc(C(=O)O)cc2C1. The van der Waals surface area contributed by atoms with Gasteiger partial charge in [0.25, 0.3) is 0 Å². The lowest BCUT2D eigenvalue weighted by molar-refractivity contribution is 0.0696. The van der Waals surface area contributed by atoms with Gasteiger partial charge in [0.2, 0.25) is 0 Å². The highest BCUT2D eigenvalue weighted by Gasteiger charge is 2.25. The summed E-state index contributed by atoms with van der Waals surface area (Å²) >= 11 is 0. The van der Waals surface area contributed by atoms with Crippen LogP contribution in [0, 0.1) is 0 Å². The van der Waals surface area contributed by atoms with Crippen LogP contribution in [0.3, 0.4) is 0 Å². The molecule has 0 spiro atoms. The molecule has 1 unspecified atom stereocenters. The van der Waals surface area contributed by atoms with Gasteiger partial charge in [-0.25, -0.2) is 4.79 Å². The molecule has 1 N–H and O–H groups in total. The van der Waals surface area contributed by atoms with Crippen molar-refractivity contribution in [3.8, 4) is 0 Å². The van der Waals surface area contributed by atoms with Crippen molar-refractivity contribution in [1.29, 1.82) is 0 Å². The Hall–Kier alpha value is -1.35. The first-order valence-electron chi connectivity index (χ1n) is 6.24. The molecule has 0 saturated heterocycles. The monoisotopic (exact) mass is 233 g/mol. The number of carboxylic acid groups (broad SMARTS) is 1. The second-order valence-electron chi connectivity index (χ2n) is 4.57. The largest absolute Gasteiger partial charge is 0.478 e. The lowest BCUT2D eigenvalue weighted by Crippen LogP contribution is -2.35. The van der Waals surface area contributed by atoms with Crippen LogP contribution < -0.4 is 0 Å². The fourth-order valence-corrected chi connectivity index (χ4v) is 2.73. The number of rotatable bonds is 4. The summed E-state index contributed by atoms with van der Waals surface area (Å²) in [5.41, 5.74) is 2.93. The lowest BCUT2D eigenvalue weighted by atomic mass is 10.1. The highest BCUT2D eigenvalue weighted by Crippen LogP contribution is 2.26. The van der Waals surface area contributed by atoms with Gasteiger partial charge in [-0.3, -0.25) is 0 Å². The smallest absolute Gasteiger partial charge is 0.335 e. The highest BCUT2D eigenvalue weighted by atomic mass is 16.4. The molecule has 3 heteroatoms. The fourth-order valence-electron chi connectivity index (χ4n) is 2.73. The first-order chi connectivity index (χ1) is 8.15. The van der Waals surface area contributed by atoms with Gasteiger partial charge in [-0.1, -0.05) is 19.9 Å². The summed E-state index contributed by atoms with van der Waals surface area (Å²) in [7, 11) is 0. The molecule has 1 aromatic carbocycles.